The van der Waals surface area contributed by atoms with Crippen molar-refractivity contribution in [2.24, 2.45) is 5.41 Å². The molecule has 2 heteroatoms. The summed E-state index contributed by atoms with van der Waals surface area (Å²) in [5.74, 6) is 0.499. The van der Waals surface area contributed by atoms with Gasteiger partial charge in [0.1, 0.15) is 5.78 Å². The van der Waals surface area contributed by atoms with E-state index in [0.717, 1.165) is 25.7 Å². The Morgan fingerprint density at radius 2 is 1.81 bits per heavy atom. The molecule has 0 amide bonds. The Kier molecular flexibility index (Phi) is 4.09. The van der Waals surface area contributed by atoms with Crippen LogP contribution in [0.15, 0.2) is 12.2 Å². The second-order valence-electron chi connectivity index (χ2n) is 5.30. The van der Waals surface area contributed by atoms with E-state index < -0.39 is 0 Å². The number of ketones is 1. The van der Waals surface area contributed by atoms with Crippen LogP contribution in [0.3, 0.4) is 0 Å². The largest absolute Gasteiger partial charge is 0.299 e. The van der Waals surface area contributed by atoms with Crippen LogP contribution in [0, 0.1) is 5.41 Å². The molecule has 2 fully saturated rings. The predicted octanol–water partition coefficient (Wildman–Crippen LogP) is 4.44. The number of carbonyl (C=O) groups excluding carboxylic acids is 1. The van der Waals surface area contributed by atoms with Gasteiger partial charge in [-0.25, -0.2) is 0 Å². The molecular weight excluding hydrogens is 311 g/mol. The van der Waals surface area contributed by atoms with Crippen LogP contribution in [0.4, 0.5) is 0 Å². The molecule has 2 aliphatic rings. The fourth-order valence-corrected chi connectivity index (χ4v) is 4.29. The van der Waals surface area contributed by atoms with Crippen LogP contribution in [0.2, 0.25) is 0 Å². The van der Waals surface area contributed by atoms with Crippen molar-refractivity contribution in [1.82, 2.24) is 0 Å². The lowest BCUT2D eigenvalue weighted by atomic mass is 9.70. The molecule has 0 aromatic rings. The molecule has 1 nitrogen and oxygen atoms in total. The van der Waals surface area contributed by atoms with E-state index in [1.807, 2.05) is 0 Å². The number of hydrogen-bond donors (Lipinski definition) is 0. The second-order valence-corrected chi connectivity index (χ2v) is 6.81. The molecule has 0 aromatic carbocycles. The standard InChI is InChI=1S/C14H21IO/c1-11-12(15)7-4-6-10-14(11)9-5-2-3-8-13(14)16/h12H,1-10H2. The van der Waals surface area contributed by atoms with Crippen molar-refractivity contribution in [3.63, 3.8) is 0 Å². The zero-order valence-corrected chi connectivity index (χ0v) is 12.1. The van der Waals surface area contributed by atoms with Gasteiger partial charge in [0, 0.05) is 10.3 Å². The minimum absolute atomic E-state index is 0.126. The summed E-state index contributed by atoms with van der Waals surface area (Å²) in [7, 11) is 0. The monoisotopic (exact) mass is 332 g/mol. The zero-order chi connectivity index (χ0) is 11.6. The third kappa shape index (κ3) is 2.22. The lowest BCUT2D eigenvalue weighted by molar-refractivity contribution is -0.127. The number of allylic oxidation sites excluding steroid dienone is 1. The number of alkyl halides is 1. The van der Waals surface area contributed by atoms with Gasteiger partial charge in [-0.15, -0.1) is 0 Å². The van der Waals surface area contributed by atoms with E-state index >= 15 is 0 Å². The number of rotatable bonds is 0. The van der Waals surface area contributed by atoms with Crippen molar-refractivity contribution in [2.75, 3.05) is 0 Å². The summed E-state index contributed by atoms with van der Waals surface area (Å²) in [5, 5.41) is 0. The Labute approximate surface area is 112 Å². The number of hydrogen-bond acceptors (Lipinski definition) is 1. The molecule has 2 atom stereocenters. The molecule has 90 valence electrons. The third-order valence-corrected chi connectivity index (χ3v) is 5.72. The summed E-state index contributed by atoms with van der Waals surface area (Å²) in [6.45, 7) is 4.30. The van der Waals surface area contributed by atoms with Gasteiger partial charge in [0.05, 0.1) is 5.41 Å². The highest BCUT2D eigenvalue weighted by Gasteiger charge is 2.43. The molecule has 2 aliphatic carbocycles. The average molecular weight is 332 g/mol. The predicted molar refractivity (Wildman–Crippen MR) is 75.9 cm³/mol. The van der Waals surface area contributed by atoms with E-state index in [1.165, 1.54) is 37.7 Å². The van der Waals surface area contributed by atoms with Crippen LogP contribution >= 0.6 is 22.6 Å². The fourth-order valence-electron chi connectivity index (χ4n) is 3.26. The van der Waals surface area contributed by atoms with Gasteiger partial charge in [0.25, 0.3) is 0 Å². The van der Waals surface area contributed by atoms with Crippen molar-refractivity contribution >= 4 is 28.4 Å². The van der Waals surface area contributed by atoms with E-state index in [-0.39, 0.29) is 5.41 Å². The van der Waals surface area contributed by atoms with Gasteiger partial charge in [-0.1, -0.05) is 60.4 Å². The second kappa shape index (κ2) is 5.19. The maximum atomic E-state index is 12.4. The van der Waals surface area contributed by atoms with Gasteiger partial charge >= 0.3 is 0 Å². The molecule has 0 aromatic heterocycles. The van der Waals surface area contributed by atoms with Crippen molar-refractivity contribution < 1.29 is 4.79 Å². The van der Waals surface area contributed by atoms with Gasteiger partial charge < -0.3 is 0 Å². The van der Waals surface area contributed by atoms with Crippen molar-refractivity contribution in [3.05, 3.63) is 12.2 Å². The molecule has 0 saturated heterocycles. The molecule has 2 unspecified atom stereocenters. The van der Waals surface area contributed by atoms with Gasteiger partial charge in [0.15, 0.2) is 0 Å². The number of halogens is 1. The van der Waals surface area contributed by atoms with Gasteiger partial charge in [-0.3, -0.25) is 4.79 Å². The summed E-state index contributed by atoms with van der Waals surface area (Å²) in [4.78, 5) is 12.4. The quantitative estimate of drug-likeness (QED) is 0.364. The molecule has 0 radical (unpaired) electrons. The Balaban J connectivity index is 2.30. The highest BCUT2D eigenvalue weighted by atomic mass is 127. The van der Waals surface area contributed by atoms with Crippen LogP contribution in [-0.4, -0.2) is 9.71 Å². The molecule has 0 heterocycles. The summed E-state index contributed by atoms with van der Waals surface area (Å²) in [6.07, 6.45) is 10.2. The van der Waals surface area contributed by atoms with Crippen LogP contribution < -0.4 is 0 Å². The van der Waals surface area contributed by atoms with Crippen molar-refractivity contribution in [2.45, 2.75) is 61.7 Å². The summed E-state index contributed by atoms with van der Waals surface area (Å²) in [6, 6.07) is 0. The normalized spacial score (nSPS) is 37.2. The first-order valence-corrected chi connectivity index (χ1v) is 7.78. The van der Waals surface area contributed by atoms with E-state index in [4.69, 9.17) is 0 Å². The minimum atomic E-state index is -0.126. The summed E-state index contributed by atoms with van der Waals surface area (Å²) >= 11 is 2.49. The maximum absolute atomic E-state index is 12.4. The lowest BCUT2D eigenvalue weighted by Crippen LogP contribution is -2.34. The summed E-state index contributed by atoms with van der Waals surface area (Å²) in [5.41, 5.74) is 1.12. The van der Waals surface area contributed by atoms with E-state index in [0.29, 0.717) is 9.71 Å². The third-order valence-electron chi connectivity index (χ3n) is 4.35. The first-order chi connectivity index (χ1) is 7.67. The molecule has 0 N–H and O–H groups in total. The Hall–Kier alpha value is 0.140. The Bertz CT molecular complexity index is 293. The minimum Gasteiger partial charge on any atom is -0.299 e. The maximum Gasteiger partial charge on any atom is 0.143 e. The molecule has 0 bridgehead atoms. The first kappa shape index (κ1) is 12.6. The van der Waals surface area contributed by atoms with Gasteiger partial charge in [-0.2, -0.15) is 0 Å². The molecule has 0 aliphatic heterocycles. The van der Waals surface area contributed by atoms with Gasteiger partial charge in [0.2, 0.25) is 0 Å². The molecule has 2 rings (SSSR count). The van der Waals surface area contributed by atoms with Crippen LogP contribution in [0.25, 0.3) is 0 Å². The van der Waals surface area contributed by atoms with Crippen molar-refractivity contribution in [1.29, 1.82) is 0 Å². The number of Topliss-reactive ketones (excluding diaryl/α,β-unsaturated/α-hetero) is 1. The first-order valence-electron chi connectivity index (χ1n) is 6.53. The molecular formula is C14H21IO. The topological polar surface area (TPSA) is 17.1 Å². The van der Waals surface area contributed by atoms with E-state index in [9.17, 15) is 4.79 Å². The van der Waals surface area contributed by atoms with Crippen LogP contribution in [-0.2, 0) is 4.79 Å². The van der Waals surface area contributed by atoms with Gasteiger partial charge in [-0.05, 0) is 25.7 Å². The smallest absolute Gasteiger partial charge is 0.143 e. The summed E-state index contributed by atoms with van der Waals surface area (Å²) < 4.78 is 0.516. The fraction of sp³-hybridized carbons (Fsp3) is 0.786. The molecule has 1 spiro atoms. The van der Waals surface area contributed by atoms with E-state index in [2.05, 4.69) is 29.2 Å². The Morgan fingerprint density at radius 1 is 1.12 bits per heavy atom. The van der Waals surface area contributed by atoms with E-state index in [1.54, 1.807) is 0 Å². The van der Waals surface area contributed by atoms with Crippen LogP contribution in [0.1, 0.15) is 57.8 Å². The molecule has 16 heavy (non-hydrogen) atoms. The van der Waals surface area contributed by atoms with Crippen LogP contribution in [0.5, 0.6) is 0 Å². The molecule has 2 saturated carbocycles. The Morgan fingerprint density at radius 3 is 2.56 bits per heavy atom. The average Bonchev–Trinajstić information content (AvgIpc) is 2.54. The highest BCUT2D eigenvalue weighted by Crippen LogP contribution is 2.48. The van der Waals surface area contributed by atoms with Crippen molar-refractivity contribution in [3.8, 4) is 0 Å². The highest BCUT2D eigenvalue weighted by molar-refractivity contribution is 14.1. The number of carbonyl (C=O) groups is 1. The SMILES string of the molecule is C=C1C(I)CCCCC12CCCCCC2=O. The zero-order valence-electron chi connectivity index (χ0n) is 9.93. The lowest BCUT2D eigenvalue weighted by Gasteiger charge is -2.34.